The first kappa shape index (κ1) is 20.2. The van der Waals surface area contributed by atoms with Crippen LogP contribution in [0.15, 0.2) is 24.3 Å². The summed E-state index contributed by atoms with van der Waals surface area (Å²) in [6, 6.07) is 5.25. The Hall–Kier alpha value is -3.55. The summed E-state index contributed by atoms with van der Waals surface area (Å²) in [5.41, 5.74) is 2.21. The molecule has 1 atom stereocenters. The van der Waals surface area contributed by atoms with Gasteiger partial charge in [0.15, 0.2) is 17.6 Å². The van der Waals surface area contributed by atoms with Gasteiger partial charge in [-0.05, 0) is 50.1 Å². The third kappa shape index (κ3) is 4.16. The van der Waals surface area contributed by atoms with Gasteiger partial charge in [-0.2, -0.15) is 0 Å². The number of aromatic nitrogens is 1. The molecule has 1 aliphatic heterocycles. The van der Waals surface area contributed by atoms with Crippen LogP contribution in [0.2, 0.25) is 0 Å². The van der Waals surface area contributed by atoms with Gasteiger partial charge in [0.25, 0.3) is 0 Å². The zero-order chi connectivity index (χ0) is 21.1. The Bertz CT molecular complexity index is 1000. The van der Waals surface area contributed by atoms with Crippen LogP contribution in [0.3, 0.4) is 0 Å². The molecular formula is C21H21NO7. The normalized spacial score (nSPS) is 13.4. The number of nitrogens with one attached hydrogen (secondary N) is 1. The van der Waals surface area contributed by atoms with E-state index in [1.807, 2.05) is 0 Å². The van der Waals surface area contributed by atoms with Gasteiger partial charge < -0.3 is 23.9 Å². The summed E-state index contributed by atoms with van der Waals surface area (Å²) in [7, 11) is 1.27. The average molecular weight is 399 g/mol. The lowest BCUT2D eigenvalue weighted by Crippen LogP contribution is -2.24. The zero-order valence-corrected chi connectivity index (χ0v) is 16.5. The minimum absolute atomic E-state index is 0.166. The second-order valence-electron chi connectivity index (χ2n) is 6.51. The lowest BCUT2D eigenvalue weighted by Gasteiger charge is -2.10. The van der Waals surface area contributed by atoms with Crippen LogP contribution in [-0.4, -0.2) is 42.7 Å². The molecule has 29 heavy (non-hydrogen) atoms. The van der Waals surface area contributed by atoms with Gasteiger partial charge in [-0.15, -0.1) is 0 Å². The molecule has 0 bridgehead atoms. The van der Waals surface area contributed by atoms with Crippen molar-refractivity contribution < 1.29 is 33.3 Å². The maximum absolute atomic E-state index is 12.7. The van der Waals surface area contributed by atoms with Gasteiger partial charge in [0.2, 0.25) is 12.6 Å². The molecule has 8 nitrogen and oxygen atoms in total. The topological polar surface area (TPSA) is 104 Å². The summed E-state index contributed by atoms with van der Waals surface area (Å²) in [6.07, 6.45) is 1.75. The lowest BCUT2D eigenvalue weighted by atomic mass is 10.1. The summed E-state index contributed by atoms with van der Waals surface area (Å²) < 4.78 is 20.5. The second-order valence-corrected chi connectivity index (χ2v) is 6.51. The summed E-state index contributed by atoms with van der Waals surface area (Å²) in [4.78, 5) is 39.5. The highest BCUT2D eigenvalue weighted by Gasteiger charge is 2.27. The molecule has 152 valence electrons. The molecule has 1 aromatic heterocycles. The number of aryl methyl sites for hydroxylation is 1. The molecule has 0 amide bonds. The first-order valence-electron chi connectivity index (χ1n) is 8.91. The van der Waals surface area contributed by atoms with Gasteiger partial charge in [0, 0.05) is 11.8 Å². The van der Waals surface area contributed by atoms with Crippen molar-refractivity contribution in [2.45, 2.75) is 26.9 Å². The van der Waals surface area contributed by atoms with Crippen LogP contribution in [0.5, 0.6) is 11.5 Å². The summed E-state index contributed by atoms with van der Waals surface area (Å²) in [5, 5.41) is 0. The second kappa shape index (κ2) is 8.22. The fourth-order valence-corrected chi connectivity index (χ4v) is 3.06. The fourth-order valence-electron chi connectivity index (χ4n) is 3.06. The number of ether oxygens (including phenoxy) is 4. The quantitative estimate of drug-likeness (QED) is 0.452. The fraction of sp³-hybridized carbons (Fsp3) is 0.286. The van der Waals surface area contributed by atoms with Gasteiger partial charge in [-0.3, -0.25) is 4.79 Å². The number of Topliss-reactive ketones (excluding diaryl/α,β-unsaturated/α-hetero) is 1. The molecule has 1 N–H and O–H groups in total. The number of methoxy groups -OCH3 is 1. The van der Waals surface area contributed by atoms with Gasteiger partial charge in [-0.25, -0.2) is 9.59 Å². The van der Waals surface area contributed by atoms with E-state index in [-0.39, 0.29) is 12.5 Å². The van der Waals surface area contributed by atoms with Crippen LogP contribution >= 0.6 is 0 Å². The molecule has 1 unspecified atom stereocenters. The van der Waals surface area contributed by atoms with Crippen molar-refractivity contribution in [3.63, 3.8) is 0 Å². The third-order valence-electron chi connectivity index (χ3n) is 4.54. The number of carbonyl (C=O) groups is 3. The number of carbonyl (C=O) groups excluding carboxylic acids is 3. The molecule has 3 rings (SSSR count). The highest BCUT2D eigenvalue weighted by molar-refractivity contribution is 6.04. The predicted octanol–water partition coefficient (Wildman–Crippen LogP) is 2.97. The minimum Gasteiger partial charge on any atom is -0.465 e. The van der Waals surface area contributed by atoms with Crippen LogP contribution in [-0.2, 0) is 14.3 Å². The Kier molecular flexibility index (Phi) is 5.72. The van der Waals surface area contributed by atoms with Crippen LogP contribution < -0.4 is 9.47 Å². The van der Waals surface area contributed by atoms with E-state index in [1.165, 1.54) is 20.1 Å². The molecular weight excluding hydrogens is 378 g/mol. The van der Waals surface area contributed by atoms with E-state index in [2.05, 4.69) is 4.98 Å². The van der Waals surface area contributed by atoms with Crippen molar-refractivity contribution in [1.29, 1.82) is 0 Å². The van der Waals surface area contributed by atoms with E-state index in [0.717, 1.165) is 5.56 Å². The van der Waals surface area contributed by atoms with Crippen LogP contribution in [0, 0.1) is 13.8 Å². The van der Waals surface area contributed by atoms with E-state index < -0.39 is 23.8 Å². The van der Waals surface area contributed by atoms with E-state index in [1.54, 1.807) is 38.1 Å². The molecule has 0 saturated carbocycles. The maximum atomic E-state index is 12.7. The first-order valence-corrected chi connectivity index (χ1v) is 8.91. The molecule has 1 aliphatic rings. The SMILES string of the molecule is COC(=O)c1c(C)[nH]c(C(=O)C(C)OC(=O)/C=C/c2ccc3c(c2)OCO3)c1C. The van der Waals surface area contributed by atoms with Gasteiger partial charge >= 0.3 is 11.9 Å². The predicted molar refractivity (Wildman–Crippen MR) is 103 cm³/mol. The summed E-state index contributed by atoms with van der Waals surface area (Å²) >= 11 is 0. The Labute approximate surface area is 167 Å². The number of hydrogen-bond acceptors (Lipinski definition) is 7. The number of ketones is 1. The van der Waals surface area contributed by atoms with Crippen molar-refractivity contribution in [3.8, 4) is 11.5 Å². The molecule has 0 spiro atoms. The van der Waals surface area contributed by atoms with Crippen LogP contribution in [0.1, 0.15) is 44.6 Å². The van der Waals surface area contributed by atoms with Crippen molar-refractivity contribution in [2.24, 2.45) is 0 Å². The Morgan fingerprint density at radius 2 is 1.90 bits per heavy atom. The standard InChI is InChI=1S/C21H21NO7/c1-11-18(21(25)26-4)12(2)22-19(11)20(24)13(3)29-17(23)8-6-14-5-7-15-16(9-14)28-10-27-15/h5-9,13,22H,10H2,1-4H3/b8-6+. The van der Waals surface area contributed by atoms with E-state index in [9.17, 15) is 14.4 Å². The number of benzene rings is 1. The molecule has 0 fully saturated rings. The highest BCUT2D eigenvalue weighted by Crippen LogP contribution is 2.32. The minimum atomic E-state index is -1.04. The van der Waals surface area contributed by atoms with E-state index in [4.69, 9.17) is 18.9 Å². The highest BCUT2D eigenvalue weighted by atomic mass is 16.7. The van der Waals surface area contributed by atoms with Crippen molar-refractivity contribution >= 4 is 23.8 Å². The number of rotatable bonds is 6. The summed E-state index contributed by atoms with van der Waals surface area (Å²) in [6.45, 7) is 4.94. The van der Waals surface area contributed by atoms with Crippen molar-refractivity contribution in [3.05, 3.63) is 52.4 Å². The van der Waals surface area contributed by atoms with Crippen LogP contribution in [0.4, 0.5) is 0 Å². The van der Waals surface area contributed by atoms with E-state index in [0.29, 0.717) is 28.3 Å². The molecule has 0 saturated heterocycles. The van der Waals surface area contributed by atoms with Gasteiger partial charge in [-0.1, -0.05) is 6.07 Å². The van der Waals surface area contributed by atoms with Gasteiger partial charge in [0.05, 0.1) is 18.4 Å². The number of hydrogen-bond donors (Lipinski definition) is 1. The Balaban J connectivity index is 1.66. The third-order valence-corrected chi connectivity index (χ3v) is 4.54. The maximum Gasteiger partial charge on any atom is 0.339 e. The number of aromatic amines is 1. The van der Waals surface area contributed by atoms with Crippen molar-refractivity contribution in [1.82, 2.24) is 4.98 Å². The zero-order valence-electron chi connectivity index (χ0n) is 16.5. The summed E-state index contributed by atoms with van der Waals surface area (Å²) in [5.74, 6) is -0.398. The lowest BCUT2D eigenvalue weighted by molar-refractivity contribution is -0.140. The molecule has 1 aromatic carbocycles. The van der Waals surface area contributed by atoms with Gasteiger partial charge in [0.1, 0.15) is 0 Å². The molecule has 0 radical (unpaired) electrons. The Morgan fingerprint density at radius 3 is 2.62 bits per heavy atom. The molecule has 2 heterocycles. The molecule has 2 aromatic rings. The first-order chi connectivity index (χ1) is 13.8. The smallest absolute Gasteiger partial charge is 0.339 e. The number of esters is 2. The molecule has 0 aliphatic carbocycles. The average Bonchev–Trinajstić information content (AvgIpc) is 3.28. The van der Waals surface area contributed by atoms with E-state index >= 15 is 0 Å². The largest absolute Gasteiger partial charge is 0.465 e. The van der Waals surface area contributed by atoms with Crippen molar-refractivity contribution in [2.75, 3.05) is 13.9 Å². The number of fused-ring (bicyclic) bond motifs is 1. The monoisotopic (exact) mass is 399 g/mol. The molecule has 8 heteroatoms. The van der Waals surface area contributed by atoms with Crippen LogP contribution in [0.25, 0.3) is 6.08 Å². The Morgan fingerprint density at radius 1 is 1.17 bits per heavy atom. The number of H-pyrrole nitrogens is 1.